The van der Waals surface area contributed by atoms with Crippen molar-refractivity contribution in [2.75, 3.05) is 33.3 Å². The largest absolute Gasteiger partial charge is 0.450 e. The molecule has 0 bridgehead atoms. The fourth-order valence-corrected chi connectivity index (χ4v) is 4.40. The van der Waals surface area contributed by atoms with E-state index in [9.17, 15) is 9.59 Å². The van der Waals surface area contributed by atoms with Crippen LogP contribution in [0.15, 0.2) is 4.99 Å². The Morgan fingerprint density at radius 3 is 2.48 bits per heavy atom. The van der Waals surface area contributed by atoms with Gasteiger partial charge in [0.2, 0.25) is 5.91 Å². The molecule has 0 aromatic carbocycles. The Morgan fingerprint density at radius 2 is 1.87 bits per heavy atom. The van der Waals surface area contributed by atoms with Crippen LogP contribution in [0.4, 0.5) is 4.79 Å². The summed E-state index contributed by atoms with van der Waals surface area (Å²) >= 11 is 0. The number of ether oxygens (including phenoxy) is 1. The molecular weight excluding hydrogens is 509 g/mol. The summed E-state index contributed by atoms with van der Waals surface area (Å²) in [6.07, 6.45) is 7.09. The summed E-state index contributed by atoms with van der Waals surface area (Å²) in [5.74, 6) is 1.70. The highest BCUT2D eigenvalue weighted by molar-refractivity contribution is 14.0. The molecule has 1 aliphatic heterocycles. The molecule has 0 spiro atoms. The number of aliphatic imine (C=N–C) groups is 1. The van der Waals surface area contributed by atoms with Crippen LogP contribution in [0.3, 0.4) is 0 Å². The Balaban J connectivity index is 0.00000480. The number of halogens is 1. The Hall–Kier alpha value is -1.26. The van der Waals surface area contributed by atoms with Gasteiger partial charge in [0.1, 0.15) is 0 Å². The van der Waals surface area contributed by atoms with E-state index in [2.05, 4.69) is 34.8 Å². The number of hydrogen-bond donors (Lipinski definition) is 3. The van der Waals surface area contributed by atoms with Crippen LogP contribution in [0, 0.1) is 11.8 Å². The van der Waals surface area contributed by atoms with E-state index in [0.29, 0.717) is 30.9 Å². The summed E-state index contributed by atoms with van der Waals surface area (Å²) in [6, 6.07) is 0.154. The molecule has 0 radical (unpaired) electrons. The molecule has 2 amide bonds. The van der Waals surface area contributed by atoms with Gasteiger partial charge in [0.15, 0.2) is 5.96 Å². The van der Waals surface area contributed by atoms with E-state index < -0.39 is 0 Å². The van der Waals surface area contributed by atoms with Crippen LogP contribution in [0.5, 0.6) is 0 Å². The van der Waals surface area contributed by atoms with Crippen LogP contribution in [0.25, 0.3) is 0 Å². The second-order valence-corrected chi connectivity index (χ2v) is 8.89. The molecule has 1 saturated heterocycles. The SMILES string of the molecule is CCOC(=O)NC(CNC(=NC)NC1CCN(C(=O)C2CCCCC2)C1)CC(C)C.I. The fraction of sp³-hybridized carbons (Fsp3) is 0.864. The molecule has 180 valence electrons. The maximum atomic E-state index is 12.8. The third-order valence-electron chi connectivity index (χ3n) is 5.89. The Bertz CT molecular complexity index is 581. The predicted molar refractivity (Wildman–Crippen MR) is 135 cm³/mol. The normalized spacial score (nSPS) is 20.7. The first kappa shape index (κ1) is 27.8. The van der Waals surface area contributed by atoms with Crippen LogP contribution in [-0.2, 0) is 9.53 Å². The quantitative estimate of drug-likeness (QED) is 0.245. The van der Waals surface area contributed by atoms with Crippen molar-refractivity contribution < 1.29 is 14.3 Å². The Labute approximate surface area is 204 Å². The molecular formula is C22H42IN5O3. The first-order valence-corrected chi connectivity index (χ1v) is 11.6. The number of nitrogens with zero attached hydrogens (tertiary/aromatic N) is 2. The molecule has 3 N–H and O–H groups in total. The third kappa shape index (κ3) is 9.82. The smallest absolute Gasteiger partial charge is 0.407 e. The summed E-state index contributed by atoms with van der Waals surface area (Å²) in [7, 11) is 1.74. The van der Waals surface area contributed by atoms with E-state index in [1.807, 2.05) is 4.90 Å². The van der Waals surface area contributed by atoms with E-state index in [0.717, 1.165) is 38.8 Å². The van der Waals surface area contributed by atoms with Gasteiger partial charge in [0.25, 0.3) is 0 Å². The number of rotatable bonds is 8. The van der Waals surface area contributed by atoms with Gasteiger partial charge in [-0.2, -0.15) is 0 Å². The fourth-order valence-electron chi connectivity index (χ4n) is 4.40. The van der Waals surface area contributed by atoms with Gasteiger partial charge in [-0.3, -0.25) is 9.79 Å². The second kappa shape index (κ2) is 14.7. The van der Waals surface area contributed by atoms with Crippen LogP contribution >= 0.6 is 24.0 Å². The highest BCUT2D eigenvalue weighted by atomic mass is 127. The molecule has 2 atom stereocenters. The first-order valence-electron chi connectivity index (χ1n) is 11.6. The molecule has 1 saturated carbocycles. The lowest BCUT2D eigenvalue weighted by atomic mass is 9.88. The monoisotopic (exact) mass is 551 g/mol. The summed E-state index contributed by atoms with van der Waals surface area (Å²) in [4.78, 5) is 30.9. The number of carbonyl (C=O) groups is 2. The van der Waals surface area contributed by atoms with Crippen molar-refractivity contribution in [3.63, 3.8) is 0 Å². The zero-order valence-electron chi connectivity index (χ0n) is 19.6. The van der Waals surface area contributed by atoms with Gasteiger partial charge in [-0.1, -0.05) is 33.1 Å². The van der Waals surface area contributed by atoms with E-state index >= 15 is 0 Å². The third-order valence-corrected chi connectivity index (χ3v) is 5.89. The van der Waals surface area contributed by atoms with Gasteiger partial charge in [-0.15, -0.1) is 24.0 Å². The number of alkyl carbamates (subject to hydrolysis) is 1. The van der Waals surface area contributed by atoms with Crippen LogP contribution in [-0.4, -0.2) is 68.2 Å². The lowest BCUT2D eigenvalue weighted by Crippen LogP contribution is -2.50. The van der Waals surface area contributed by atoms with Crippen molar-refractivity contribution in [3.8, 4) is 0 Å². The lowest BCUT2D eigenvalue weighted by molar-refractivity contribution is -0.135. The van der Waals surface area contributed by atoms with Crippen molar-refractivity contribution in [1.82, 2.24) is 20.9 Å². The number of nitrogens with one attached hydrogen (secondary N) is 3. The highest BCUT2D eigenvalue weighted by Gasteiger charge is 2.31. The summed E-state index contributed by atoms with van der Waals surface area (Å²) in [5, 5.41) is 9.68. The first-order chi connectivity index (χ1) is 14.4. The molecule has 0 aromatic rings. The van der Waals surface area contributed by atoms with Gasteiger partial charge >= 0.3 is 6.09 Å². The molecule has 0 aromatic heterocycles. The predicted octanol–water partition coefficient (Wildman–Crippen LogP) is 3.11. The number of guanidine groups is 1. The summed E-state index contributed by atoms with van der Waals surface area (Å²) in [6.45, 7) is 8.51. The van der Waals surface area contributed by atoms with Crippen LogP contribution in [0.2, 0.25) is 0 Å². The van der Waals surface area contributed by atoms with E-state index in [1.165, 1.54) is 19.3 Å². The molecule has 2 fully saturated rings. The van der Waals surface area contributed by atoms with E-state index in [4.69, 9.17) is 4.74 Å². The molecule has 1 aliphatic carbocycles. The van der Waals surface area contributed by atoms with Crippen molar-refractivity contribution in [2.24, 2.45) is 16.8 Å². The minimum atomic E-state index is -0.388. The molecule has 9 heteroatoms. The Morgan fingerprint density at radius 1 is 1.16 bits per heavy atom. The van der Waals surface area contributed by atoms with Crippen LogP contribution in [0.1, 0.15) is 65.7 Å². The van der Waals surface area contributed by atoms with Gasteiger partial charge in [-0.05, 0) is 38.5 Å². The van der Waals surface area contributed by atoms with Gasteiger partial charge < -0.3 is 25.6 Å². The van der Waals surface area contributed by atoms with Crippen molar-refractivity contribution in [3.05, 3.63) is 0 Å². The van der Waals surface area contributed by atoms with E-state index in [1.54, 1.807) is 14.0 Å². The molecule has 2 unspecified atom stereocenters. The number of carbonyl (C=O) groups excluding carboxylic acids is 2. The highest BCUT2D eigenvalue weighted by Crippen LogP contribution is 2.26. The molecule has 8 nitrogen and oxygen atoms in total. The second-order valence-electron chi connectivity index (χ2n) is 8.89. The number of likely N-dealkylation sites (tertiary alicyclic amines) is 1. The van der Waals surface area contributed by atoms with Crippen molar-refractivity contribution in [1.29, 1.82) is 0 Å². The molecule has 2 aliphatic rings. The maximum absolute atomic E-state index is 12.8. The van der Waals surface area contributed by atoms with E-state index in [-0.39, 0.29) is 48.1 Å². The minimum absolute atomic E-state index is 0. The average molecular weight is 552 g/mol. The molecule has 1 heterocycles. The van der Waals surface area contributed by atoms with Gasteiger partial charge in [0.05, 0.1) is 6.61 Å². The number of hydrogen-bond acceptors (Lipinski definition) is 4. The van der Waals surface area contributed by atoms with Crippen molar-refractivity contribution in [2.45, 2.75) is 77.8 Å². The van der Waals surface area contributed by atoms with Crippen molar-refractivity contribution >= 4 is 41.9 Å². The average Bonchev–Trinajstić information content (AvgIpc) is 3.19. The van der Waals surface area contributed by atoms with Gasteiger partial charge in [0, 0.05) is 44.7 Å². The summed E-state index contributed by atoms with van der Waals surface area (Å²) in [5.41, 5.74) is 0. The Kier molecular flexibility index (Phi) is 13.2. The van der Waals surface area contributed by atoms with Gasteiger partial charge in [-0.25, -0.2) is 4.79 Å². The molecule has 2 rings (SSSR count). The molecule has 31 heavy (non-hydrogen) atoms. The minimum Gasteiger partial charge on any atom is -0.450 e. The van der Waals surface area contributed by atoms with Crippen LogP contribution < -0.4 is 16.0 Å². The maximum Gasteiger partial charge on any atom is 0.407 e. The topological polar surface area (TPSA) is 95.1 Å². The number of amides is 2. The zero-order chi connectivity index (χ0) is 21.9. The standard InChI is InChI=1S/C22H41N5O3.HI/c1-5-30-22(29)26-19(13-16(2)3)14-24-21(23-4)25-18-11-12-27(15-18)20(28)17-9-7-6-8-10-17;/h16-19H,5-15H2,1-4H3,(H,26,29)(H2,23,24,25);1H. The zero-order valence-corrected chi connectivity index (χ0v) is 21.9. The summed E-state index contributed by atoms with van der Waals surface area (Å²) < 4.78 is 5.02. The lowest BCUT2D eigenvalue weighted by Gasteiger charge is -2.26.